The topological polar surface area (TPSA) is 52.5 Å². The minimum Gasteiger partial charge on any atom is -0.508 e. The van der Waals surface area contributed by atoms with Crippen LogP contribution in [0, 0.1) is 5.92 Å². The van der Waals surface area contributed by atoms with E-state index in [0.717, 1.165) is 31.4 Å². The van der Waals surface area contributed by atoms with Crippen molar-refractivity contribution in [2.45, 2.75) is 25.4 Å². The third kappa shape index (κ3) is 4.25. The lowest BCUT2D eigenvalue weighted by atomic mass is 9.84. The Morgan fingerprint density at radius 2 is 2.04 bits per heavy atom. The Hall–Kier alpha value is -1.55. The van der Waals surface area contributed by atoms with Crippen molar-refractivity contribution >= 4 is 11.6 Å². The summed E-state index contributed by atoms with van der Waals surface area (Å²) in [7, 11) is 0. The quantitative estimate of drug-likeness (QED) is 0.786. The third-order valence-corrected chi connectivity index (χ3v) is 4.76. The molecule has 1 aliphatic carbocycles. The Morgan fingerprint density at radius 3 is 2.87 bits per heavy atom. The largest absolute Gasteiger partial charge is 0.508 e. The van der Waals surface area contributed by atoms with Gasteiger partial charge in [0.1, 0.15) is 5.75 Å². The number of rotatable bonds is 5. The highest BCUT2D eigenvalue weighted by atomic mass is 35.5. The van der Waals surface area contributed by atoms with Gasteiger partial charge in [-0.1, -0.05) is 29.8 Å². The normalized spacial score (nSPS) is 18.4. The summed E-state index contributed by atoms with van der Waals surface area (Å²) in [6, 6.07) is 13.0. The molecule has 122 valence electrons. The van der Waals surface area contributed by atoms with Crippen LogP contribution in [0.15, 0.2) is 42.5 Å². The van der Waals surface area contributed by atoms with Crippen LogP contribution in [-0.2, 0) is 12.8 Å². The lowest BCUT2D eigenvalue weighted by molar-refractivity contribution is 0.172. The zero-order valence-corrected chi connectivity index (χ0v) is 13.8. The maximum absolute atomic E-state index is 10.2. The minimum absolute atomic E-state index is 0.341. The SMILES string of the molecule is Oc1ccc2c(c1)C[C@@H](CNC[C@H](O)c1cccc(Cl)c1)CC2. The Labute approximate surface area is 141 Å². The van der Waals surface area contributed by atoms with E-state index in [9.17, 15) is 10.2 Å². The number of aliphatic hydroxyl groups is 1. The van der Waals surface area contributed by atoms with E-state index in [1.165, 1.54) is 11.1 Å². The highest BCUT2D eigenvalue weighted by molar-refractivity contribution is 6.30. The molecule has 0 fully saturated rings. The number of halogens is 1. The summed E-state index contributed by atoms with van der Waals surface area (Å²) in [5.74, 6) is 0.879. The first-order valence-corrected chi connectivity index (χ1v) is 8.44. The molecule has 0 aliphatic heterocycles. The average molecular weight is 332 g/mol. The molecule has 3 N–H and O–H groups in total. The van der Waals surface area contributed by atoms with Gasteiger partial charge in [-0.15, -0.1) is 0 Å². The van der Waals surface area contributed by atoms with Crippen molar-refractivity contribution in [1.82, 2.24) is 5.32 Å². The van der Waals surface area contributed by atoms with E-state index in [1.807, 2.05) is 24.3 Å². The fourth-order valence-electron chi connectivity index (χ4n) is 3.25. The number of aliphatic hydroxyl groups excluding tert-OH is 1. The Bertz CT molecular complexity index is 674. The van der Waals surface area contributed by atoms with Crippen molar-refractivity contribution < 1.29 is 10.2 Å². The Balaban J connectivity index is 1.50. The number of phenolic OH excluding ortho intramolecular Hbond substituents is 1. The highest BCUT2D eigenvalue weighted by Crippen LogP contribution is 2.28. The van der Waals surface area contributed by atoms with Crippen molar-refractivity contribution in [1.29, 1.82) is 0 Å². The van der Waals surface area contributed by atoms with E-state index < -0.39 is 6.10 Å². The van der Waals surface area contributed by atoms with Gasteiger partial charge in [0.25, 0.3) is 0 Å². The number of phenols is 1. The first kappa shape index (κ1) is 16.3. The second-order valence-corrected chi connectivity index (χ2v) is 6.73. The molecule has 0 radical (unpaired) electrons. The van der Waals surface area contributed by atoms with Crippen LogP contribution in [0.5, 0.6) is 5.75 Å². The molecule has 0 unspecified atom stereocenters. The molecule has 3 nitrogen and oxygen atoms in total. The maximum atomic E-state index is 10.2. The molecule has 2 aromatic carbocycles. The lowest BCUT2D eigenvalue weighted by Gasteiger charge is -2.25. The molecule has 0 spiro atoms. The molecule has 23 heavy (non-hydrogen) atoms. The monoisotopic (exact) mass is 331 g/mol. The maximum Gasteiger partial charge on any atom is 0.115 e. The van der Waals surface area contributed by atoms with Gasteiger partial charge in [0, 0.05) is 11.6 Å². The predicted octanol–water partition coefficient (Wildman–Crippen LogP) is 3.47. The zero-order chi connectivity index (χ0) is 16.2. The van der Waals surface area contributed by atoms with Gasteiger partial charge < -0.3 is 15.5 Å². The van der Waals surface area contributed by atoms with Gasteiger partial charge in [0.2, 0.25) is 0 Å². The first-order chi connectivity index (χ1) is 11.1. The van der Waals surface area contributed by atoms with Gasteiger partial charge in [-0.3, -0.25) is 0 Å². The molecule has 2 atom stereocenters. The molecule has 0 amide bonds. The standard InChI is InChI=1S/C19H22ClNO2/c20-17-3-1-2-15(9-17)19(23)12-21-11-13-4-5-14-6-7-18(22)10-16(14)8-13/h1-3,6-7,9-10,13,19,21-23H,4-5,8,11-12H2/t13-,19-/m0/s1. The smallest absolute Gasteiger partial charge is 0.115 e. The van der Waals surface area contributed by atoms with Crippen LogP contribution in [-0.4, -0.2) is 23.3 Å². The van der Waals surface area contributed by atoms with Crippen molar-refractivity contribution in [3.05, 3.63) is 64.2 Å². The van der Waals surface area contributed by atoms with E-state index in [-0.39, 0.29) is 0 Å². The molecule has 3 rings (SSSR count). The van der Waals surface area contributed by atoms with Crippen LogP contribution in [0.4, 0.5) is 0 Å². The third-order valence-electron chi connectivity index (χ3n) is 4.52. The van der Waals surface area contributed by atoms with Gasteiger partial charge in [0.15, 0.2) is 0 Å². The number of fused-ring (bicyclic) bond motifs is 1. The molecule has 0 heterocycles. The molecule has 2 aromatic rings. The van der Waals surface area contributed by atoms with Gasteiger partial charge in [0.05, 0.1) is 6.10 Å². The molecular weight excluding hydrogens is 310 g/mol. The van der Waals surface area contributed by atoms with Crippen molar-refractivity contribution in [2.24, 2.45) is 5.92 Å². The summed E-state index contributed by atoms with van der Waals surface area (Å²) in [5.41, 5.74) is 3.43. The van der Waals surface area contributed by atoms with E-state index in [4.69, 9.17) is 11.6 Å². The van der Waals surface area contributed by atoms with E-state index in [2.05, 4.69) is 5.32 Å². The molecule has 0 saturated carbocycles. The van der Waals surface area contributed by atoms with E-state index in [0.29, 0.717) is 23.2 Å². The lowest BCUT2D eigenvalue weighted by Crippen LogP contribution is -2.30. The number of aromatic hydroxyl groups is 1. The number of nitrogens with one attached hydrogen (secondary N) is 1. The van der Waals surface area contributed by atoms with Gasteiger partial charge in [-0.05, 0) is 72.7 Å². The summed E-state index contributed by atoms with van der Waals surface area (Å²) in [4.78, 5) is 0. The Morgan fingerprint density at radius 1 is 1.17 bits per heavy atom. The second-order valence-electron chi connectivity index (χ2n) is 6.29. The highest BCUT2D eigenvalue weighted by Gasteiger charge is 2.19. The van der Waals surface area contributed by atoms with Crippen LogP contribution in [0.25, 0.3) is 0 Å². The minimum atomic E-state index is -0.548. The molecule has 0 aromatic heterocycles. The number of hydrogen-bond acceptors (Lipinski definition) is 3. The van der Waals surface area contributed by atoms with Crippen LogP contribution in [0.3, 0.4) is 0 Å². The summed E-state index contributed by atoms with van der Waals surface area (Å²) >= 11 is 5.95. The van der Waals surface area contributed by atoms with Crippen LogP contribution < -0.4 is 5.32 Å². The molecule has 0 bridgehead atoms. The summed E-state index contributed by atoms with van der Waals surface area (Å²) in [6.07, 6.45) is 2.62. The summed E-state index contributed by atoms with van der Waals surface area (Å²) in [5, 5.41) is 23.8. The van der Waals surface area contributed by atoms with E-state index >= 15 is 0 Å². The van der Waals surface area contributed by atoms with Crippen LogP contribution in [0.2, 0.25) is 5.02 Å². The number of hydrogen-bond donors (Lipinski definition) is 3. The first-order valence-electron chi connectivity index (χ1n) is 8.07. The van der Waals surface area contributed by atoms with Gasteiger partial charge in [-0.25, -0.2) is 0 Å². The fourth-order valence-corrected chi connectivity index (χ4v) is 3.45. The molecular formula is C19H22ClNO2. The van der Waals surface area contributed by atoms with Gasteiger partial charge >= 0.3 is 0 Å². The number of benzene rings is 2. The molecule has 1 aliphatic rings. The molecule has 0 saturated heterocycles. The predicted molar refractivity (Wildman–Crippen MR) is 92.9 cm³/mol. The van der Waals surface area contributed by atoms with Gasteiger partial charge in [-0.2, -0.15) is 0 Å². The molecule has 4 heteroatoms. The zero-order valence-electron chi connectivity index (χ0n) is 13.0. The van der Waals surface area contributed by atoms with Crippen LogP contribution in [0.1, 0.15) is 29.2 Å². The average Bonchev–Trinajstić information content (AvgIpc) is 2.54. The van der Waals surface area contributed by atoms with E-state index in [1.54, 1.807) is 18.2 Å². The van der Waals surface area contributed by atoms with Crippen molar-refractivity contribution in [2.75, 3.05) is 13.1 Å². The summed E-state index contributed by atoms with van der Waals surface area (Å²) < 4.78 is 0. The summed E-state index contributed by atoms with van der Waals surface area (Å²) in [6.45, 7) is 1.39. The van der Waals surface area contributed by atoms with Crippen molar-refractivity contribution in [3.8, 4) is 5.75 Å². The Kier molecular flexibility index (Phi) is 5.21. The van der Waals surface area contributed by atoms with Crippen LogP contribution >= 0.6 is 11.6 Å². The fraction of sp³-hybridized carbons (Fsp3) is 0.368. The number of aryl methyl sites for hydroxylation is 1. The second kappa shape index (κ2) is 7.35. The van der Waals surface area contributed by atoms with Crippen molar-refractivity contribution in [3.63, 3.8) is 0 Å².